The number of ether oxygens (including phenoxy) is 4. The standard InChI is InChI=1S/C32H34F2N4O4.C26H30N2O4.CH4/c1-4-40-30(39)26-20-38(31-35-16-14-28(37-31)32(3,33)34)19-24(26)18-22-10-12-25(13-11-22)41-17-15-27-21(2)42-29(36-27)23-8-6-5-7-9-23;1-3-30-26(29)23-17-27-16-21(23)15-19-9-11-22(12-10-19)31-14-13-24-18(2)32-25(28-24)20-7-5-4-6-8-20;/h5-14,16,24,26H,4,15,17-20H2,1-3H3;4-12,21,23,27H,3,13-17H2,1-2H3;1H4/t24-,26+;21-,23+;/m10./s1. The Hall–Kier alpha value is -7.46. The van der Waals surface area contributed by atoms with Gasteiger partial charge in [0.15, 0.2) is 0 Å². The molecule has 0 bridgehead atoms. The van der Waals surface area contributed by atoms with Crippen LogP contribution in [-0.4, -0.2) is 84.5 Å². The lowest BCUT2D eigenvalue weighted by molar-refractivity contribution is -0.149. The van der Waals surface area contributed by atoms with Crippen LogP contribution in [0.2, 0.25) is 0 Å². The van der Waals surface area contributed by atoms with Crippen molar-refractivity contribution >= 4 is 17.9 Å². The number of carbonyl (C=O) groups excluding carboxylic acids is 2. The Morgan fingerprint density at radius 1 is 0.653 bits per heavy atom. The van der Waals surface area contributed by atoms with E-state index >= 15 is 0 Å². The first kappa shape index (κ1) is 55.3. The van der Waals surface area contributed by atoms with E-state index in [2.05, 4.69) is 37.4 Å². The minimum Gasteiger partial charge on any atom is -0.493 e. The van der Waals surface area contributed by atoms with Gasteiger partial charge in [-0.25, -0.2) is 19.9 Å². The third-order valence-corrected chi connectivity index (χ3v) is 13.2. The van der Waals surface area contributed by atoms with E-state index in [0.717, 1.165) is 71.0 Å². The number of aromatic nitrogens is 4. The van der Waals surface area contributed by atoms with E-state index in [0.29, 0.717) is 70.5 Å². The van der Waals surface area contributed by atoms with E-state index in [9.17, 15) is 18.4 Å². The summed E-state index contributed by atoms with van der Waals surface area (Å²) in [5, 5.41) is 3.31. The molecule has 0 radical (unpaired) electrons. The first-order chi connectivity index (χ1) is 35.8. The maximum atomic E-state index is 13.9. The first-order valence-electron chi connectivity index (χ1n) is 25.3. The van der Waals surface area contributed by atoms with Crippen LogP contribution in [0.1, 0.15) is 67.9 Å². The molecule has 4 atom stereocenters. The molecule has 2 fully saturated rings. The number of nitrogens with zero attached hydrogens (tertiary/aromatic N) is 5. The minimum atomic E-state index is -3.08. The van der Waals surface area contributed by atoms with Crippen molar-refractivity contribution in [3.63, 3.8) is 0 Å². The predicted molar refractivity (Wildman–Crippen MR) is 283 cm³/mol. The Labute approximate surface area is 438 Å². The molecule has 0 saturated carbocycles. The molecule has 14 nitrogen and oxygen atoms in total. The van der Waals surface area contributed by atoms with Crippen LogP contribution in [0.5, 0.6) is 11.5 Å². The van der Waals surface area contributed by atoms with Gasteiger partial charge in [0.25, 0.3) is 5.92 Å². The van der Waals surface area contributed by atoms with Crippen molar-refractivity contribution in [1.29, 1.82) is 0 Å². The molecule has 396 valence electrons. The number of carbonyl (C=O) groups is 2. The summed E-state index contributed by atoms with van der Waals surface area (Å²) in [4.78, 5) is 44.3. The zero-order valence-electron chi connectivity index (χ0n) is 42.6. The van der Waals surface area contributed by atoms with Crippen molar-refractivity contribution in [1.82, 2.24) is 25.3 Å². The number of nitrogens with one attached hydrogen (secondary N) is 1. The lowest BCUT2D eigenvalue weighted by Gasteiger charge is -2.18. The molecule has 0 amide bonds. The molecular weight excluding hydrogens is 959 g/mol. The van der Waals surface area contributed by atoms with Crippen molar-refractivity contribution in [2.24, 2.45) is 23.7 Å². The second-order valence-corrected chi connectivity index (χ2v) is 18.6. The van der Waals surface area contributed by atoms with Crippen LogP contribution in [-0.2, 0) is 50.7 Å². The van der Waals surface area contributed by atoms with Crippen molar-refractivity contribution in [2.75, 3.05) is 57.5 Å². The summed E-state index contributed by atoms with van der Waals surface area (Å²) in [5.74, 6) is 0.752. The highest BCUT2D eigenvalue weighted by Gasteiger charge is 2.40. The molecule has 2 aliphatic rings. The number of hydrogen-bond donors (Lipinski definition) is 1. The molecule has 7 aromatic rings. The predicted octanol–water partition coefficient (Wildman–Crippen LogP) is 10.9. The molecule has 75 heavy (non-hydrogen) atoms. The topological polar surface area (TPSA) is 164 Å². The van der Waals surface area contributed by atoms with E-state index in [1.54, 1.807) is 11.8 Å². The molecule has 9 rings (SSSR count). The van der Waals surface area contributed by atoms with Gasteiger partial charge in [0, 0.05) is 56.7 Å². The summed E-state index contributed by atoms with van der Waals surface area (Å²) in [7, 11) is 0. The van der Waals surface area contributed by atoms with Gasteiger partial charge < -0.3 is 38.0 Å². The molecule has 16 heteroatoms. The number of esters is 2. The van der Waals surface area contributed by atoms with Crippen molar-refractivity contribution < 1.29 is 46.2 Å². The molecule has 5 heterocycles. The number of oxazole rings is 2. The monoisotopic (exact) mass is 1030 g/mol. The molecule has 0 aliphatic carbocycles. The highest BCUT2D eigenvalue weighted by Crippen LogP contribution is 2.33. The minimum absolute atomic E-state index is 0. The van der Waals surface area contributed by atoms with E-state index in [4.69, 9.17) is 27.8 Å². The molecule has 2 saturated heterocycles. The van der Waals surface area contributed by atoms with Crippen molar-refractivity contribution in [3.05, 3.63) is 161 Å². The largest absolute Gasteiger partial charge is 0.493 e. The van der Waals surface area contributed by atoms with Gasteiger partial charge >= 0.3 is 11.9 Å². The fourth-order valence-corrected chi connectivity index (χ4v) is 9.28. The van der Waals surface area contributed by atoms with Gasteiger partial charge in [0.2, 0.25) is 17.7 Å². The van der Waals surface area contributed by atoms with E-state index in [-0.39, 0.29) is 55.4 Å². The molecule has 0 spiro atoms. The van der Waals surface area contributed by atoms with Crippen LogP contribution >= 0.6 is 0 Å². The van der Waals surface area contributed by atoms with Gasteiger partial charge in [0.05, 0.1) is 49.7 Å². The Balaban J connectivity index is 0.000000224. The molecule has 0 unspecified atom stereocenters. The van der Waals surface area contributed by atoms with E-state index < -0.39 is 11.8 Å². The second-order valence-electron chi connectivity index (χ2n) is 18.6. The highest BCUT2D eigenvalue weighted by atomic mass is 19.3. The van der Waals surface area contributed by atoms with Gasteiger partial charge in [-0.1, -0.05) is 68.1 Å². The summed E-state index contributed by atoms with van der Waals surface area (Å²) in [6.07, 6.45) is 4.06. The van der Waals surface area contributed by atoms with Gasteiger partial charge in [0.1, 0.15) is 28.7 Å². The van der Waals surface area contributed by atoms with Gasteiger partial charge in [-0.3, -0.25) is 9.59 Å². The van der Waals surface area contributed by atoms with Crippen LogP contribution in [0.25, 0.3) is 22.9 Å². The van der Waals surface area contributed by atoms with Gasteiger partial charge in [-0.2, -0.15) is 8.78 Å². The average molecular weight is 1030 g/mol. The highest BCUT2D eigenvalue weighted by molar-refractivity contribution is 5.75. The second kappa shape index (κ2) is 26.2. The van der Waals surface area contributed by atoms with Crippen LogP contribution < -0.4 is 19.7 Å². The third-order valence-electron chi connectivity index (χ3n) is 13.2. The van der Waals surface area contributed by atoms with E-state index in [1.165, 1.54) is 17.8 Å². The summed E-state index contributed by atoms with van der Waals surface area (Å²) >= 11 is 0. The van der Waals surface area contributed by atoms with Crippen LogP contribution in [0.4, 0.5) is 14.7 Å². The number of alkyl halides is 2. The van der Waals surface area contributed by atoms with Crippen LogP contribution in [0.15, 0.2) is 130 Å². The molecular formula is C59H68F2N6O8. The molecule has 3 aromatic heterocycles. The van der Waals surface area contributed by atoms with Crippen LogP contribution in [0.3, 0.4) is 0 Å². The number of rotatable bonds is 20. The smallest absolute Gasteiger partial charge is 0.311 e. The maximum Gasteiger partial charge on any atom is 0.311 e. The lowest BCUT2D eigenvalue weighted by atomic mass is 9.90. The Morgan fingerprint density at radius 2 is 1.15 bits per heavy atom. The Morgan fingerprint density at radius 3 is 1.64 bits per heavy atom. The maximum absolute atomic E-state index is 13.9. The van der Waals surface area contributed by atoms with Crippen LogP contribution in [0, 0.1) is 37.5 Å². The SMILES string of the molecule is C.CCOC(=O)[C@@H]1CNC[C@@H]1Cc1ccc(OCCc2nc(-c3ccccc3)oc2C)cc1.CCOC(=O)[C@H]1CN(c2nccc(C(C)(F)F)n2)C[C@H]1Cc1ccc(OCCc2nc(-c3ccccc3)oc2C)cc1. The van der Waals surface area contributed by atoms with E-state index in [1.807, 2.05) is 118 Å². The summed E-state index contributed by atoms with van der Waals surface area (Å²) in [6.45, 7) is 12.2. The first-order valence-corrected chi connectivity index (χ1v) is 25.3. The summed E-state index contributed by atoms with van der Waals surface area (Å²) in [6, 6.07) is 36.8. The fourth-order valence-electron chi connectivity index (χ4n) is 9.28. The Bertz CT molecular complexity index is 2890. The molecule has 1 N–H and O–H groups in total. The number of anilines is 1. The number of hydrogen-bond acceptors (Lipinski definition) is 14. The number of benzene rings is 4. The lowest BCUT2D eigenvalue weighted by Crippen LogP contribution is -2.27. The Kier molecular flexibility index (Phi) is 19.3. The average Bonchev–Trinajstić information content (AvgIpc) is 4.23. The summed E-state index contributed by atoms with van der Waals surface area (Å²) in [5.41, 5.74) is 5.55. The zero-order valence-corrected chi connectivity index (χ0v) is 42.6. The number of aryl methyl sites for hydroxylation is 2. The third kappa shape index (κ3) is 14.9. The normalized spacial score (nSPS) is 17.1. The summed E-state index contributed by atoms with van der Waals surface area (Å²) < 4.78 is 61.8. The number of halogens is 2. The van der Waals surface area contributed by atoms with Crippen molar-refractivity contribution in [3.8, 4) is 34.4 Å². The fraction of sp³-hybridized carbons (Fsp3) is 0.390. The molecule has 4 aromatic carbocycles. The molecule has 2 aliphatic heterocycles. The quantitative estimate of drug-likeness (QED) is 0.0717. The van der Waals surface area contributed by atoms with Gasteiger partial charge in [-0.05, 0) is 125 Å². The van der Waals surface area contributed by atoms with Crippen molar-refractivity contribution in [2.45, 2.75) is 73.7 Å². The van der Waals surface area contributed by atoms with Gasteiger partial charge in [-0.15, -0.1) is 0 Å². The zero-order chi connectivity index (χ0) is 52.0.